The van der Waals surface area contributed by atoms with Gasteiger partial charge in [-0.05, 0) is 39.0 Å². The van der Waals surface area contributed by atoms with Crippen molar-refractivity contribution in [3.8, 4) is 0 Å². The number of alkyl halides is 6. The predicted molar refractivity (Wildman–Crippen MR) is 79.2 cm³/mol. The zero-order chi connectivity index (χ0) is 19.5. The summed E-state index contributed by atoms with van der Waals surface area (Å²) in [7, 11) is 0. The largest absolute Gasteiger partial charge is 0.444 e. The second-order valence-electron chi connectivity index (χ2n) is 6.15. The van der Waals surface area contributed by atoms with Crippen molar-refractivity contribution >= 4 is 11.8 Å². The lowest BCUT2D eigenvalue weighted by atomic mass is 10.1. The molecule has 0 fully saturated rings. The first-order valence-corrected chi connectivity index (χ1v) is 7.19. The second-order valence-corrected chi connectivity index (χ2v) is 6.15. The maximum atomic E-state index is 12.7. The van der Waals surface area contributed by atoms with Crippen LogP contribution in [0, 0.1) is 0 Å². The number of nitrogens with one attached hydrogen (secondary N) is 2. The van der Waals surface area contributed by atoms with Crippen molar-refractivity contribution < 1.29 is 35.9 Å². The second kappa shape index (κ2) is 7.40. The van der Waals surface area contributed by atoms with Crippen LogP contribution in [0.1, 0.15) is 31.9 Å². The van der Waals surface area contributed by atoms with Gasteiger partial charge in [0.2, 0.25) is 0 Å². The molecule has 0 aliphatic carbocycles. The van der Waals surface area contributed by atoms with Crippen LogP contribution in [0.5, 0.6) is 0 Å². The van der Waals surface area contributed by atoms with Crippen molar-refractivity contribution in [2.24, 2.45) is 0 Å². The Bertz CT molecular complexity index is 573. The molecule has 0 saturated heterocycles. The number of carbonyl (C=O) groups excluding carboxylic acids is 1. The van der Waals surface area contributed by atoms with E-state index in [1.165, 1.54) is 0 Å². The minimum Gasteiger partial charge on any atom is -0.444 e. The molecule has 0 atom stereocenters. The minimum atomic E-state index is -4.91. The van der Waals surface area contributed by atoms with Gasteiger partial charge in [-0.15, -0.1) is 0 Å². The Morgan fingerprint density at radius 2 is 1.40 bits per heavy atom. The van der Waals surface area contributed by atoms with Gasteiger partial charge in [-0.3, -0.25) is 0 Å². The van der Waals surface area contributed by atoms with Crippen molar-refractivity contribution in [3.63, 3.8) is 0 Å². The van der Waals surface area contributed by atoms with E-state index in [1.54, 1.807) is 20.8 Å². The molecule has 0 aliphatic rings. The summed E-state index contributed by atoms with van der Waals surface area (Å²) in [6, 6.07) is 1.19. The van der Waals surface area contributed by atoms with Gasteiger partial charge in [-0.25, -0.2) is 4.79 Å². The number of halogens is 6. The molecular weight excluding hydrogens is 354 g/mol. The fourth-order valence-corrected chi connectivity index (χ4v) is 1.74. The van der Waals surface area contributed by atoms with Gasteiger partial charge in [0, 0.05) is 18.8 Å². The fourth-order valence-electron chi connectivity index (χ4n) is 1.74. The van der Waals surface area contributed by atoms with Crippen LogP contribution in [0.4, 0.5) is 36.8 Å². The van der Waals surface area contributed by atoms with Crippen LogP contribution < -0.4 is 10.6 Å². The smallest absolute Gasteiger partial charge is 0.416 e. The Kier molecular flexibility index (Phi) is 6.19. The molecule has 0 aliphatic heterocycles. The molecule has 0 aromatic heterocycles. The summed E-state index contributed by atoms with van der Waals surface area (Å²) in [5.41, 5.74) is -3.90. The predicted octanol–water partition coefficient (Wildman–Crippen LogP) is 4.66. The lowest BCUT2D eigenvalue weighted by Gasteiger charge is -2.20. The van der Waals surface area contributed by atoms with Crippen LogP contribution in [0.3, 0.4) is 0 Å². The zero-order valence-corrected chi connectivity index (χ0v) is 13.7. The van der Waals surface area contributed by atoms with Gasteiger partial charge >= 0.3 is 18.4 Å². The maximum absolute atomic E-state index is 12.7. The van der Waals surface area contributed by atoms with Crippen molar-refractivity contribution in [1.82, 2.24) is 5.32 Å². The molecule has 0 unspecified atom stereocenters. The van der Waals surface area contributed by atoms with Crippen LogP contribution >= 0.6 is 0 Å². The molecular formula is C15H18F6N2O2. The maximum Gasteiger partial charge on any atom is 0.416 e. The van der Waals surface area contributed by atoms with Gasteiger partial charge in [0.15, 0.2) is 0 Å². The Balaban J connectivity index is 2.74. The van der Waals surface area contributed by atoms with Crippen molar-refractivity contribution in [2.75, 3.05) is 18.4 Å². The first-order valence-electron chi connectivity index (χ1n) is 7.19. The number of anilines is 1. The molecule has 1 amide bonds. The zero-order valence-electron chi connectivity index (χ0n) is 13.7. The van der Waals surface area contributed by atoms with Gasteiger partial charge in [-0.2, -0.15) is 26.3 Å². The summed E-state index contributed by atoms with van der Waals surface area (Å²) >= 11 is 0. The van der Waals surface area contributed by atoms with E-state index in [-0.39, 0.29) is 24.8 Å². The third-order valence-electron chi connectivity index (χ3n) is 2.71. The van der Waals surface area contributed by atoms with E-state index in [9.17, 15) is 31.1 Å². The average Bonchev–Trinajstić information content (AvgIpc) is 2.39. The minimum absolute atomic E-state index is 0.0458. The van der Waals surface area contributed by atoms with Gasteiger partial charge in [-0.1, -0.05) is 0 Å². The first-order chi connectivity index (χ1) is 11.2. The molecule has 2 N–H and O–H groups in total. The number of benzene rings is 1. The third kappa shape index (κ3) is 7.53. The van der Waals surface area contributed by atoms with Crippen molar-refractivity contribution in [1.29, 1.82) is 0 Å². The topological polar surface area (TPSA) is 50.4 Å². The Hall–Kier alpha value is -2.13. The molecule has 0 saturated carbocycles. The number of rotatable bonds is 4. The Morgan fingerprint density at radius 3 is 1.80 bits per heavy atom. The van der Waals surface area contributed by atoms with E-state index < -0.39 is 35.2 Å². The number of alkyl carbamates (subject to hydrolysis) is 1. The van der Waals surface area contributed by atoms with Gasteiger partial charge in [0.25, 0.3) is 0 Å². The number of hydrogen-bond acceptors (Lipinski definition) is 3. The molecule has 25 heavy (non-hydrogen) atoms. The molecule has 10 heteroatoms. The summed E-state index contributed by atoms with van der Waals surface area (Å²) in [5, 5.41) is 4.75. The molecule has 1 aromatic carbocycles. The van der Waals surface area contributed by atoms with E-state index in [2.05, 4.69) is 10.6 Å². The number of hydrogen-bond donors (Lipinski definition) is 2. The summed E-state index contributed by atoms with van der Waals surface area (Å²) in [4.78, 5) is 11.4. The number of carbonyl (C=O) groups is 1. The molecule has 1 aromatic rings. The normalized spacial score (nSPS) is 12.7. The van der Waals surface area contributed by atoms with Gasteiger partial charge < -0.3 is 15.4 Å². The molecule has 1 rings (SSSR count). The quantitative estimate of drug-likeness (QED) is 0.597. The van der Waals surface area contributed by atoms with E-state index >= 15 is 0 Å². The Morgan fingerprint density at radius 1 is 0.920 bits per heavy atom. The Labute approximate surface area is 140 Å². The highest BCUT2D eigenvalue weighted by molar-refractivity contribution is 5.67. The number of ether oxygens (including phenoxy) is 1. The number of amides is 1. The van der Waals surface area contributed by atoms with E-state index in [1.807, 2.05) is 0 Å². The highest BCUT2D eigenvalue weighted by Gasteiger charge is 2.36. The van der Waals surface area contributed by atoms with Crippen LogP contribution in [0.25, 0.3) is 0 Å². The molecule has 0 radical (unpaired) electrons. The molecule has 142 valence electrons. The molecule has 4 nitrogen and oxygen atoms in total. The highest BCUT2D eigenvalue weighted by Crippen LogP contribution is 2.37. The van der Waals surface area contributed by atoms with Gasteiger partial charge in [0.05, 0.1) is 11.1 Å². The first kappa shape index (κ1) is 20.9. The lowest BCUT2D eigenvalue weighted by molar-refractivity contribution is -0.143. The van der Waals surface area contributed by atoms with Crippen molar-refractivity contribution in [2.45, 2.75) is 38.7 Å². The van der Waals surface area contributed by atoms with Crippen LogP contribution in [0.15, 0.2) is 18.2 Å². The monoisotopic (exact) mass is 372 g/mol. The molecule has 0 spiro atoms. The van der Waals surface area contributed by atoms with Crippen LogP contribution in [-0.4, -0.2) is 24.8 Å². The average molecular weight is 372 g/mol. The van der Waals surface area contributed by atoms with Crippen LogP contribution in [-0.2, 0) is 17.1 Å². The fraction of sp³-hybridized carbons (Fsp3) is 0.533. The summed E-state index contributed by atoms with van der Waals surface area (Å²) in [6.07, 6.45) is -10.6. The van der Waals surface area contributed by atoms with E-state index in [4.69, 9.17) is 4.74 Å². The standard InChI is InChI=1S/C15H18F6N2O2/c1-13(2,3)25-12(24)23-5-4-22-11-7-9(14(16,17)18)6-10(8-11)15(19,20)21/h6-8,22H,4-5H2,1-3H3,(H,23,24). The summed E-state index contributed by atoms with van der Waals surface area (Å²) in [6.45, 7) is 4.80. The van der Waals surface area contributed by atoms with Crippen LogP contribution in [0.2, 0.25) is 0 Å². The SMILES string of the molecule is CC(C)(C)OC(=O)NCCNc1cc(C(F)(F)F)cc(C(F)(F)F)c1. The van der Waals surface area contributed by atoms with E-state index in [0.29, 0.717) is 12.1 Å². The molecule has 0 heterocycles. The lowest BCUT2D eigenvalue weighted by Crippen LogP contribution is -2.35. The van der Waals surface area contributed by atoms with Crippen molar-refractivity contribution in [3.05, 3.63) is 29.3 Å². The van der Waals surface area contributed by atoms with Gasteiger partial charge in [0.1, 0.15) is 5.60 Å². The highest BCUT2D eigenvalue weighted by atomic mass is 19.4. The molecule has 0 bridgehead atoms. The summed E-state index contributed by atoms with van der Waals surface area (Å²) < 4.78 is 81.3. The third-order valence-corrected chi connectivity index (χ3v) is 2.71. The van der Waals surface area contributed by atoms with E-state index in [0.717, 1.165) is 0 Å². The summed E-state index contributed by atoms with van der Waals surface area (Å²) in [5.74, 6) is 0.